The van der Waals surface area contributed by atoms with Crippen molar-refractivity contribution in [1.29, 1.82) is 0 Å². The van der Waals surface area contributed by atoms with Gasteiger partial charge >= 0.3 is 0 Å². The van der Waals surface area contributed by atoms with E-state index in [1.54, 1.807) is 0 Å². The van der Waals surface area contributed by atoms with Crippen LogP contribution in [-0.4, -0.2) is 15.0 Å². The molecule has 9 rings (SSSR count). The second-order valence-electron chi connectivity index (χ2n) is 12.5. The molecule has 1 aliphatic rings. The van der Waals surface area contributed by atoms with Crippen molar-refractivity contribution in [3.05, 3.63) is 192 Å². The van der Waals surface area contributed by atoms with Crippen LogP contribution in [0.5, 0.6) is 0 Å². The van der Waals surface area contributed by atoms with Crippen LogP contribution in [0.4, 0.5) is 17.1 Å². The average Bonchev–Trinajstić information content (AvgIpc) is 3.17. The highest BCUT2D eigenvalue weighted by molar-refractivity contribution is 5.90. The van der Waals surface area contributed by atoms with Gasteiger partial charge in [-0.3, -0.25) is 0 Å². The van der Waals surface area contributed by atoms with Crippen molar-refractivity contribution in [2.75, 3.05) is 4.90 Å². The summed E-state index contributed by atoms with van der Waals surface area (Å²) in [5, 5.41) is 2.50. The quantitative estimate of drug-likeness (QED) is 0.184. The second-order valence-corrected chi connectivity index (χ2v) is 12.5. The van der Waals surface area contributed by atoms with E-state index in [0.29, 0.717) is 17.5 Å². The Morgan fingerprint density at radius 1 is 0.327 bits per heavy atom. The van der Waals surface area contributed by atoms with Gasteiger partial charge in [-0.05, 0) is 88.3 Å². The zero-order valence-corrected chi connectivity index (χ0v) is 26.9. The third-order valence-corrected chi connectivity index (χ3v) is 9.35. The third kappa shape index (κ3) is 5.64. The summed E-state index contributed by atoms with van der Waals surface area (Å²) in [5.74, 6) is 2.04. The van der Waals surface area contributed by atoms with Gasteiger partial charge in [-0.25, -0.2) is 15.0 Å². The predicted octanol–water partition coefficient (Wildman–Crippen LogP) is 11.0. The van der Waals surface area contributed by atoms with Gasteiger partial charge in [0, 0.05) is 33.8 Å². The van der Waals surface area contributed by atoms with Crippen LogP contribution in [0.25, 0.3) is 44.9 Å². The fourth-order valence-electron chi connectivity index (χ4n) is 6.90. The maximum Gasteiger partial charge on any atom is 0.164 e. The predicted molar refractivity (Wildman–Crippen MR) is 200 cm³/mol. The number of hydrogen-bond donors (Lipinski definition) is 0. The number of rotatable bonds is 6. The molecule has 1 aromatic heterocycles. The van der Waals surface area contributed by atoms with Crippen LogP contribution in [0.2, 0.25) is 0 Å². The van der Waals surface area contributed by atoms with Crippen molar-refractivity contribution in [1.82, 2.24) is 15.0 Å². The Labute approximate surface area is 286 Å². The first-order valence-corrected chi connectivity index (χ1v) is 16.7. The van der Waals surface area contributed by atoms with Gasteiger partial charge in [0.2, 0.25) is 0 Å². The number of aromatic nitrogens is 3. The molecular formula is C45H32N4. The summed E-state index contributed by atoms with van der Waals surface area (Å²) in [5.41, 5.74) is 11.8. The van der Waals surface area contributed by atoms with Crippen LogP contribution >= 0.6 is 0 Å². The molecule has 4 heteroatoms. The van der Waals surface area contributed by atoms with Crippen LogP contribution in [-0.2, 0) is 12.8 Å². The molecule has 0 saturated heterocycles. The summed E-state index contributed by atoms with van der Waals surface area (Å²) in [7, 11) is 0. The van der Waals surface area contributed by atoms with Crippen molar-refractivity contribution in [2.24, 2.45) is 0 Å². The molecule has 0 spiro atoms. The van der Waals surface area contributed by atoms with Crippen molar-refractivity contribution in [2.45, 2.75) is 12.8 Å². The number of fused-ring (bicyclic) bond motifs is 3. The summed E-state index contributed by atoms with van der Waals surface area (Å²) in [4.78, 5) is 17.1. The Hall–Kier alpha value is -6.39. The van der Waals surface area contributed by atoms with Gasteiger partial charge in [0.25, 0.3) is 0 Å². The van der Waals surface area contributed by atoms with Crippen LogP contribution in [0.15, 0.2) is 170 Å². The highest BCUT2D eigenvalue weighted by Gasteiger charge is 2.20. The van der Waals surface area contributed by atoms with E-state index in [-0.39, 0.29) is 0 Å². The van der Waals surface area contributed by atoms with Crippen LogP contribution in [0.1, 0.15) is 22.3 Å². The molecule has 232 valence electrons. The molecule has 0 bridgehead atoms. The molecule has 4 nitrogen and oxygen atoms in total. The van der Waals surface area contributed by atoms with Gasteiger partial charge < -0.3 is 4.90 Å². The van der Waals surface area contributed by atoms with E-state index in [1.165, 1.54) is 33.0 Å². The van der Waals surface area contributed by atoms with Crippen molar-refractivity contribution in [3.63, 3.8) is 0 Å². The molecule has 0 aliphatic heterocycles. The first-order chi connectivity index (χ1) is 24.2. The average molecular weight is 629 g/mol. The van der Waals surface area contributed by atoms with Gasteiger partial charge in [0.15, 0.2) is 17.5 Å². The topological polar surface area (TPSA) is 41.9 Å². The summed E-state index contributed by atoms with van der Waals surface area (Å²) < 4.78 is 0. The molecule has 0 unspecified atom stereocenters. The molecule has 7 aromatic carbocycles. The smallest absolute Gasteiger partial charge is 0.164 e. The number of benzene rings is 7. The lowest BCUT2D eigenvalue weighted by Crippen LogP contribution is -2.10. The van der Waals surface area contributed by atoms with E-state index in [1.807, 2.05) is 60.7 Å². The van der Waals surface area contributed by atoms with Crippen molar-refractivity contribution >= 4 is 27.8 Å². The lowest BCUT2D eigenvalue weighted by atomic mass is 9.84. The van der Waals surface area contributed by atoms with Crippen LogP contribution in [0.3, 0.4) is 0 Å². The van der Waals surface area contributed by atoms with E-state index >= 15 is 0 Å². The molecule has 0 atom stereocenters. The minimum atomic E-state index is 0.677. The Morgan fingerprint density at radius 3 is 1.37 bits per heavy atom. The zero-order chi connectivity index (χ0) is 32.6. The molecule has 0 saturated carbocycles. The fraction of sp³-hybridized carbons (Fsp3) is 0.0444. The van der Waals surface area contributed by atoms with Gasteiger partial charge in [-0.2, -0.15) is 0 Å². The van der Waals surface area contributed by atoms with Gasteiger partial charge in [0.05, 0.1) is 0 Å². The van der Waals surface area contributed by atoms with E-state index in [0.717, 1.165) is 46.6 Å². The number of hydrogen-bond acceptors (Lipinski definition) is 4. The van der Waals surface area contributed by atoms with E-state index < -0.39 is 0 Å². The maximum atomic E-state index is 4.97. The van der Waals surface area contributed by atoms with E-state index in [9.17, 15) is 0 Å². The third-order valence-electron chi connectivity index (χ3n) is 9.35. The Balaban J connectivity index is 1.07. The molecule has 0 fully saturated rings. The van der Waals surface area contributed by atoms with E-state index in [2.05, 4.69) is 114 Å². The standard InChI is InChI=1S/C45H32N4/c1-5-13-31(14-6-1)43-46-44(32-15-7-2-8-16-32)48-45(47-43)35-22-21-33-25-38-29-39-30-42(24-23-34(39)26-37(38)28-36(33)27-35)49(40-17-9-3-10-18-40)41-19-11-4-12-20-41/h1-24,26-27,29-30H,25,28H2. The summed E-state index contributed by atoms with van der Waals surface area (Å²) >= 11 is 0. The molecular weight excluding hydrogens is 597 g/mol. The fourth-order valence-corrected chi connectivity index (χ4v) is 6.90. The van der Waals surface area contributed by atoms with Gasteiger partial charge in [0.1, 0.15) is 0 Å². The highest BCUT2D eigenvalue weighted by atomic mass is 15.1. The maximum absolute atomic E-state index is 4.97. The lowest BCUT2D eigenvalue weighted by molar-refractivity contribution is 1.00. The minimum Gasteiger partial charge on any atom is -0.310 e. The minimum absolute atomic E-state index is 0.677. The number of para-hydroxylation sites is 2. The molecule has 0 amide bonds. The molecule has 8 aromatic rings. The number of anilines is 3. The zero-order valence-electron chi connectivity index (χ0n) is 26.9. The Morgan fingerprint density at radius 2 is 0.796 bits per heavy atom. The molecule has 49 heavy (non-hydrogen) atoms. The molecule has 0 radical (unpaired) electrons. The van der Waals surface area contributed by atoms with Crippen molar-refractivity contribution in [3.8, 4) is 34.2 Å². The number of nitrogens with zero attached hydrogens (tertiary/aromatic N) is 4. The van der Waals surface area contributed by atoms with E-state index in [4.69, 9.17) is 15.0 Å². The Bertz CT molecular complexity index is 2330. The largest absolute Gasteiger partial charge is 0.310 e. The highest BCUT2D eigenvalue weighted by Crippen LogP contribution is 2.38. The molecule has 0 N–H and O–H groups in total. The first-order valence-electron chi connectivity index (χ1n) is 16.7. The summed E-state index contributed by atoms with van der Waals surface area (Å²) in [6, 6.07) is 59.7. The SMILES string of the molecule is c1ccc(-c2nc(-c3ccccc3)nc(-c3ccc4c(c3)Cc3cc5ccc(N(c6ccccc6)c6ccccc6)cc5cc3C4)n2)cc1. The van der Waals surface area contributed by atoms with Gasteiger partial charge in [-0.1, -0.05) is 127 Å². The lowest BCUT2D eigenvalue weighted by Gasteiger charge is -2.26. The normalized spacial score (nSPS) is 11.9. The van der Waals surface area contributed by atoms with Crippen LogP contribution < -0.4 is 4.90 Å². The van der Waals surface area contributed by atoms with Crippen LogP contribution in [0, 0.1) is 0 Å². The second kappa shape index (κ2) is 12.3. The molecule has 1 heterocycles. The first kappa shape index (κ1) is 28.8. The Kier molecular flexibility index (Phi) is 7.25. The summed E-state index contributed by atoms with van der Waals surface area (Å²) in [6.45, 7) is 0. The molecule has 1 aliphatic carbocycles. The summed E-state index contributed by atoms with van der Waals surface area (Å²) in [6.07, 6.45) is 1.77. The van der Waals surface area contributed by atoms with Gasteiger partial charge in [-0.15, -0.1) is 0 Å². The van der Waals surface area contributed by atoms with Crippen molar-refractivity contribution < 1.29 is 0 Å². The monoisotopic (exact) mass is 628 g/mol.